The van der Waals surface area contributed by atoms with E-state index in [4.69, 9.17) is 4.74 Å². The van der Waals surface area contributed by atoms with E-state index >= 15 is 0 Å². The molecular weight excluding hydrogens is 334 g/mol. The summed E-state index contributed by atoms with van der Waals surface area (Å²) in [6, 6.07) is 4.96. The minimum absolute atomic E-state index is 0.00236. The molecule has 0 aliphatic carbocycles. The number of ether oxygens (including phenoxy) is 1. The number of hydrogen-bond acceptors (Lipinski definition) is 5. The van der Waals surface area contributed by atoms with Crippen LogP contribution in [-0.2, 0) is 30.8 Å². The molecular formula is C16H21NO6S. The number of aliphatic carboxylic acids is 1. The van der Waals surface area contributed by atoms with Crippen molar-refractivity contribution in [3.05, 3.63) is 29.8 Å². The maximum absolute atomic E-state index is 12.8. The van der Waals surface area contributed by atoms with Crippen LogP contribution in [0.2, 0.25) is 0 Å². The molecule has 24 heavy (non-hydrogen) atoms. The molecule has 1 fully saturated rings. The van der Waals surface area contributed by atoms with E-state index in [1.165, 1.54) is 12.1 Å². The van der Waals surface area contributed by atoms with Gasteiger partial charge in [-0.3, -0.25) is 9.59 Å². The Morgan fingerprint density at radius 3 is 2.75 bits per heavy atom. The summed E-state index contributed by atoms with van der Waals surface area (Å²) >= 11 is 0. The number of nitrogens with zero attached hydrogens (tertiary/aromatic N) is 1. The molecule has 0 saturated carbocycles. The molecule has 8 heteroatoms. The van der Waals surface area contributed by atoms with Crippen LogP contribution >= 0.6 is 0 Å². The number of carboxylic acid groups (broad SMARTS) is 1. The molecule has 0 spiro atoms. The number of sulfonamides is 1. The van der Waals surface area contributed by atoms with Crippen molar-refractivity contribution in [2.45, 2.75) is 43.5 Å². The van der Waals surface area contributed by atoms with Gasteiger partial charge in [-0.25, -0.2) is 8.42 Å². The lowest BCUT2D eigenvalue weighted by Crippen LogP contribution is -2.47. The Morgan fingerprint density at radius 1 is 1.33 bits per heavy atom. The molecule has 0 bridgehead atoms. The zero-order valence-electron chi connectivity index (χ0n) is 13.5. The Kier molecular flexibility index (Phi) is 5.95. The van der Waals surface area contributed by atoms with Gasteiger partial charge in [-0.15, -0.1) is 0 Å². The molecule has 132 valence electrons. The lowest BCUT2D eigenvalue weighted by atomic mass is 10.1. The average molecular weight is 355 g/mol. The fourth-order valence-electron chi connectivity index (χ4n) is 2.77. The van der Waals surface area contributed by atoms with Crippen LogP contribution in [0, 0.1) is 0 Å². The standard InChI is InChI=1S/C16H21NO6S/c1-2-23-15(18)11-12-6-5-7-13(10-12)24(21,22)17-9-4-3-8-14(17)16(19)20/h5-7,10,14H,2-4,8-9,11H2,1H3,(H,19,20). The summed E-state index contributed by atoms with van der Waals surface area (Å²) in [5.74, 6) is -1.57. The van der Waals surface area contributed by atoms with Gasteiger partial charge in [0, 0.05) is 6.54 Å². The molecule has 1 aliphatic rings. The van der Waals surface area contributed by atoms with Crippen molar-refractivity contribution in [1.29, 1.82) is 0 Å². The molecule has 1 aliphatic heterocycles. The van der Waals surface area contributed by atoms with Gasteiger partial charge in [0.15, 0.2) is 0 Å². The lowest BCUT2D eigenvalue weighted by molar-refractivity contribution is -0.143. The van der Waals surface area contributed by atoms with Crippen molar-refractivity contribution in [1.82, 2.24) is 4.31 Å². The van der Waals surface area contributed by atoms with Gasteiger partial charge >= 0.3 is 11.9 Å². The van der Waals surface area contributed by atoms with E-state index in [2.05, 4.69) is 0 Å². The molecule has 1 saturated heterocycles. The minimum atomic E-state index is -3.93. The quantitative estimate of drug-likeness (QED) is 0.775. The number of esters is 1. The zero-order chi connectivity index (χ0) is 17.7. The van der Waals surface area contributed by atoms with Gasteiger partial charge in [0.2, 0.25) is 10.0 Å². The van der Waals surface area contributed by atoms with Crippen molar-refractivity contribution < 1.29 is 27.9 Å². The van der Waals surface area contributed by atoms with Crippen LogP contribution in [0.15, 0.2) is 29.2 Å². The lowest BCUT2D eigenvalue weighted by Gasteiger charge is -2.31. The summed E-state index contributed by atoms with van der Waals surface area (Å²) in [4.78, 5) is 22.9. The van der Waals surface area contributed by atoms with Gasteiger partial charge in [0.25, 0.3) is 0 Å². The van der Waals surface area contributed by atoms with Gasteiger partial charge in [0.1, 0.15) is 6.04 Å². The Morgan fingerprint density at radius 2 is 2.08 bits per heavy atom. The number of rotatable bonds is 6. The number of carboxylic acids is 1. The smallest absolute Gasteiger partial charge is 0.322 e. The second kappa shape index (κ2) is 7.76. The monoisotopic (exact) mass is 355 g/mol. The van der Waals surface area contributed by atoms with E-state index in [1.54, 1.807) is 19.1 Å². The summed E-state index contributed by atoms with van der Waals surface area (Å²) in [6.07, 6.45) is 1.59. The van der Waals surface area contributed by atoms with E-state index in [1.807, 2.05) is 0 Å². The first-order valence-corrected chi connectivity index (χ1v) is 9.29. The number of carbonyl (C=O) groups excluding carboxylic acids is 1. The number of piperidine rings is 1. The highest BCUT2D eigenvalue weighted by Gasteiger charge is 2.37. The first-order chi connectivity index (χ1) is 11.4. The first-order valence-electron chi connectivity index (χ1n) is 7.85. The van der Waals surface area contributed by atoms with Crippen LogP contribution in [0.3, 0.4) is 0 Å². The van der Waals surface area contributed by atoms with Crippen LogP contribution in [0.4, 0.5) is 0 Å². The van der Waals surface area contributed by atoms with Crippen molar-refractivity contribution in [2.24, 2.45) is 0 Å². The fraction of sp³-hybridized carbons (Fsp3) is 0.500. The second-order valence-electron chi connectivity index (χ2n) is 5.59. The van der Waals surface area contributed by atoms with Gasteiger partial charge in [-0.2, -0.15) is 4.31 Å². The number of benzene rings is 1. The van der Waals surface area contributed by atoms with E-state index in [-0.39, 0.29) is 24.5 Å². The third-order valence-electron chi connectivity index (χ3n) is 3.90. The van der Waals surface area contributed by atoms with Crippen molar-refractivity contribution in [3.8, 4) is 0 Å². The van der Waals surface area contributed by atoms with Crippen LogP contribution in [-0.4, -0.2) is 49.0 Å². The molecule has 1 N–H and O–H groups in total. The van der Waals surface area contributed by atoms with Crippen molar-refractivity contribution in [3.63, 3.8) is 0 Å². The minimum Gasteiger partial charge on any atom is -0.480 e. The summed E-state index contributed by atoms with van der Waals surface area (Å²) in [6.45, 7) is 2.13. The fourth-order valence-corrected chi connectivity index (χ4v) is 4.49. The molecule has 2 rings (SSSR count). The maximum Gasteiger partial charge on any atom is 0.322 e. The summed E-state index contributed by atoms with van der Waals surface area (Å²) < 4.78 is 31.5. The van der Waals surface area contributed by atoms with Crippen LogP contribution in [0.25, 0.3) is 0 Å². The number of carbonyl (C=O) groups is 2. The largest absolute Gasteiger partial charge is 0.480 e. The predicted molar refractivity (Wildman–Crippen MR) is 85.9 cm³/mol. The molecule has 1 heterocycles. The Hall–Kier alpha value is -1.93. The Balaban J connectivity index is 2.28. The Labute approximate surface area is 141 Å². The topological polar surface area (TPSA) is 101 Å². The molecule has 1 unspecified atom stereocenters. The van der Waals surface area contributed by atoms with Gasteiger partial charge in [-0.1, -0.05) is 12.1 Å². The van der Waals surface area contributed by atoms with Crippen LogP contribution in [0.1, 0.15) is 31.7 Å². The van der Waals surface area contributed by atoms with Gasteiger partial charge < -0.3 is 9.84 Å². The van der Waals surface area contributed by atoms with Crippen LogP contribution in [0.5, 0.6) is 0 Å². The highest BCUT2D eigenvalue weighted by atomic mass is 32.2. The molecule has 7 nitrogen and oxygen atoms in total. The van der Waals surface area contributed by atoms with Gasteiger partial charge in [-0.05, 0) is 43.9 Å². The van der Waals surface area contributed by atoms with Gasteiger partial charge in [0.05, 0.1) is 17.9 Å². The molecule has 1 atom stereocenters. The third kappa shape index (κ3) is 4.12. The molecule has 0 amide bonds. The number of hydrogen-bond donors (Lipinski definition) is 1. The van der Waals surface area contributed by atoms with Crippen molar-refractivity contribution in [2.75, 3.05) is 13.2 Å². The first kappa shape index (κ1) is 18.4. The third-order valence-corrected chi connectivity index (χ3v) is 5.80. The highest BCUT2D eigenvalue weighted by molar-refractivity contribution is 7.89. The van der Waals surface area contributed by atoms with E-state index in [9.17, 15) is 23.1 Å². The summed E-state index contributed by atoms with van der Waals surface area (Å²) in [5.41, 5.74) is 0.512. The van der Waals surface area contributed by atoms with E-state index in [0.29, 0.717) is 24.8 Å². The van der Waals surface area contributed by atoms with E-state index < -0.39 is 28.0 Å². The second-order valence-corrected chi connectivity index (χ2v) is 7.49. The van der Waals surface area contributed by atoms with Crippen LogP contribution < -0.4 is 0 Å². The predicted octanol–water partition coefficient (Wildman–Crippen LogP) is 1.42. The summed E-state index contributed by atoms with van der Waals surface area (Å²) in [5, 5.41) is 9.28. The van der Waals surface area contributed by atoms with E-state index in [0.717, 1.165) is 4.31 Å². The summed E-state index contributed by atoms with van der Waals surface area (Å²) in [7, 11) is -3.93. The SMILES string of the molecule is CCOC(=O)Cc1cccc(S(=O)(=O)N2CCCCC2C(=O)O)c1. The molecule has 0 radical (unpaired) electrons. The zero-order valence-corrected chi connectivity index (χ0v) is 14.3. The molecule has 0 aromatic heterocycles. The Bertz CT molecular complexity index is 715. The molecule has 1 aromatic rings. The normalized spacial score (nSPS) is 19.0. The van der Waals surface area contributed by atoms with Crippen molar-refractivity contribution >= 4 is 22.0 Å². The molecule has 1 aromatic carbocycles. The maximum atomic E-state index is 12.8. The highest BCUT2D eigenvalue weighted by Crippen LogP contribution is 2.26. The average Bonchev–Trinajstić information content (AvgIpc) is 2.55.